The SMILES string of the molecule is Nc1nnc(Nc2ccc(=O)[nH]n2)o1. The summed E-state index contributed by atoms with van der Waals surface area (Å²) in [4.78, 5) is 10.7. The lowest BCUT2D eigenvalue weighted by molar-refractivity contribution is 0.592. The number of hydrogen-bond donors (Lipinski definition) is 3. The van der Waals surface area contributed by atoms with Gasteiger partial charge in [0.2, 0.25) is 0 Å². The van der Waals surface area contributed by atoms with Crippen molar-refractivity contribution in [1.29, 1.82) is 0 Å². The van der Waals surface area contributed by atoms with Crippen LogP contribution in [0.1, 0.15) is 0 Å². The van der Waals surface area contributed by atoms with Gasteiger partial charge >= 0.3 is 12.0 Å². The van der Waals surface area contributed by atoms with Gasteiger partial charge in [0, 0.05) is 6.07 Å². The van der Waals surface area contributed by atoms with Gasteiger partial charge in [-0.3, -0.25) is 10.1 Å². The number of nitrogens with zero attached hydrogens (tertiary/aromatic N) is 3. The predicted molar refractivity (Wildman–Crippen MR) is 46.9 cm³/mol. The van der Waals surface area contributed by atoms with Gasteiger partial charge in [-0.15, -0.1) is 0 Å². The molecule has 2 aromatic heterocycles. The van der Waals surface area contributed by atoms with Crippen LogP contribution in [0.2, 0.25) is 0 Å². The van der Waals surface area contributed by atoms with Crippen LogP contribution in [0.3, 0.4) is 0 Å². The molecule has 72 valence electrons. The van der Waals surface area contributed by atoms with Crippen molar-refractivity contribution in [3.8, 4) is 0 Å². The van der Waals surface area contributed by atoms with E-state index in [0.29, 0.717) is 5.82 Å². The zero-order chi connectivity index (χ0) is 9.97. The van der Waals surface area contributed by atoms with Gasteiger partial charge < -0.3 is 10.2 Å². The predicted octanol–water partition coefficient (Wildman–Crippen LogP) is -0.521. The largest absolute Gasteiger partial charge is 0.389 e. The number of hydrogen-bond acceptors (Lipinski definition) is 7. The summed E-state index contributed by atoms with van der Waals surface area (Å²) >= 11 is 0. The second kappa shape index (κ2) is 3.17. The van der Waals surface area contributed by atoms with Gasteiger partial charge in [0.05, 0.1) is 0 Å². The summed E-state index contributed by atoms with van der Waals surface area (Å²) in [5.74, 6) is 0.383. The molecule has 0 saturated carbocycles. The Morgan fingerprint density at radius 3 is 2.86 bits per heavy atom. The van der Waals surface area contributed by atoms with Gasteiger partial charge in [0.15, 0.2) is 5.82 Å². The molecule has 0 amide bonds. The van der Waals surface area contributed by atoms with Crippen molar-refractivity contribution >= 4 is 17.8 Å². The molecular formula is C6H6N6O2. The maximum atomic E-state index is 10.7. The third-order valence-electron chi connectivity index (χ3n) is 1.35. The van der Waals surface area contributed by atoms with E-state index in [1.807, 2.05) is 0 Å². The molecule has 8 heteroatoms. The molecule has 2 rings (SSSR count). The Morgan fingerprint density at radius 1 is 1.43 bits per heavy atom. The summed E-state index contributed by atoms with van der Waals surface area (Å²) in [6.07, 6.45) is 0. The Balaban J connectivity index is 2.19. The van der Waals surface area contributed by atoms with Crippen molar-refractivity contribution in [1.82, 2.24) is 20.4 Å². The Bertz CT molecular complexity index is 469. The smallest absolute Gasteiger partial charge is 0.322 e. The number of H-pyrrole nitrogens is 1. The quantitative estimate of drug-likeness (QED) is 0.587. The monoisotopic (exact) mass is 194 g/mol. The molecule has 4 N–H and O–H groups in total. The normalized spacial score (nSPS) is 10.0. The van der Waals surface area contributed by atoms with Crippen molar-refractivity contribution in [3.05, 3.63) is 22.5 Å². The zero-order valence-electron chi connectivity index (χ0n) is 6.89. The van der Waals surface area contributed by atoms with Crippen LogP contribution in [0.15, 0.2) is 21.3 Å². The van der Waals surface area contributed by atoms with E-state index in [4.69, 9.17) is 10.2 Å². The molecule has 0 aliphatic rings. The van der Waals surface area contributed by atoms with Crippen LogP contribution >= 0.6 is 0 Å². The zero-order valence-corrected chi connectivity index (χ0v) is 6.89. The van der Waals surface area contributed by atoms with Crippen LogP contribution in [0.4, 0.5) is 17.8 Å². The molecule has 0 aliphatic heterocycles. The van der Waals surface area contributed by atoms with E-state index in [0.717, 1.165) is 0 Å². The summed E-state index contributed by atoms with van der Waals surface area (Å²) in [7, 11) is 0. The van der Waals surface area contributed by atoms with Gasteiger partial charge in [0.1, 0.15) is 0 Å². The van der Waals surface area contributed by atoms with Gasteiger partial charge in [-0.05, 0) is 6.07 Å². The molecule has 0 aromatic carbocycles. The Hall–Kier alpha value is -2.38. The molecule has 14 heavy (non-hydrogen) atoms. The Labute approximate surface area is 77.1 Å². The summed E-state index contributed by atoms with van der Waals surface area (Å²) < 4.78 is 4.83. The van der Waals surface area contributed by atoms with E-state index in [-0.39, 0.29) is 17.6 Å². The van der Waals surface area contributed by atoms with Crippen molar-refractivity contribution in [2.75, 3.05) is 11.1 Å². The molecule has 0 spiro atoms. The molecule has 0 radical (unpaired) electrons. The fourth-order valence-electron chi connectivity index (χ4n) is 0.809. The lowest BCUT2D eigenvalue weighted by Crippen LogP contribution is -2.07. The maximum absolute atomic E-state index is 10.7. The molecule has 8 nitrogen and oxygen atoms in total. The summed E-state index contributed by atoms with van der Waals surface area (Å²) in [6.45, 7) is 0. The summed E-state index contributed by atoms with van der Waals surface area (Å²) in [5.41, 5.74) is 4.91. The standard InChI is InChI=1S/C6H6N6O2/c7-5-11-12-6(14-5)8-3-1-2-4(13)10-9-3/h1-2H,(H2,7,11)(H,10,13)(H,8,9,12). The second-order valence-corrected chi connectivity index (χ2v) is 2.38. The van der Waals surface area contributed by atoms with Gasteiger partial charge in [0.25, 0.3) is 5.56 Å². The van der Waals surface area contributed by atoms with Crippen LogP contribution < -0.4 is 16.6 Å². The summed E-state index contributed by atoms with van der Waals surface area (Å²) in [5, 5.41) is 15.5. The molecule has 0 atom stereocenters. The van der Waals surface area contributed by atoms with E-state index in [9.17, 15) is 4.79 Å². The number of rotatable bonds is 2. The third-order valence-corrected chi connectivity index (χ3v) is 1.35. The fraction of sp³-hybridized carbons (Fsp3) is 0. The second-order valence-electron chi connectivity index (χ2n) is 2.38. The Kier molecular flexibility index (Phi) is 1.86. The minimum absolute atomic E-state index is 0.0445. The van der Waals surface area contributed by atoms with Crippen molar-refractivity contribution in [3.63, 3.8) is 0 Å². The highest BCUT2D eigenvalue weighted by Gasteiger charge is 2.02. The first-order valence-corrected chi connectivity index (χ1v) is 3.66. The van der Waals surface area contributed by atoms with Gasteiger partial charge in [-0.25, -0.2) is 5.10 Å². The van der Waals surface area contributed by atoms with Crippen LogP contribution in [-0.2, 0) is 0 Å². The van der Waals surface area contributed by atoms with Crippen molar-refractivity contribution in [2.45, 2.75) is 0 Å². The highest BCUT2D eigenvalue weighted by atomic mass is 16.4. The molecule has 2 aromatic rings. The first kappa shape index (κ1) is 8.23. The average molecular weight is 194 g/mol. The van der Waals surface area contributed by atoms with Crippen LogP contribution in [0.25, 0.3) is 0 Å². The topological polar surface area (TPSA) is 123 Å². The first-order valence-electron chi connectivity index (χ1n) is 3.66. The van der Waals surface area contributed by atoms with Crippen molar-refractivity contribution in [2.24, 2.45) is 0 Å². The number of aromatic nitrogens is 4. The van der Waals surface area contributed by atoms with Gasteiger partial charge in [-0.1, -0.05) is 10.2 Å². The lowest BCUT2D eigenvalue weighted by Gasteiger charge is -1.96. The number of nitrogens with two attached hydrogens (primary N) is 1. The Morgan fingerprint density at radius 2 is 2.29 bits per heavy atom. The molecule has 0 bridgehead atoms. The van der Waals surface area contributed by atoms with E-state index in [1.165, 1.54) is 12.1 Å². The molecule has 2 heterocycles. The number of nitrogens with one attached hydrogen (secondary N) is 2. The molecule has 0 fully saturated rings. The molecular weight excluding hydrogens is 188 g/mol. The number of nitrogen functional groups attached to an aromatic ring is 1. The van der Waals surface area contributed by atoms with Crippen molar-refractivity contribution < 1.29 is 4.42 Å². The molecule has 0 unspecified atom stereocenters. The third kappa shape index (κ3) is 1.68. The van der Waals surface area contributed by atoms with E-state index >= 15 is 0 Å². The first-order chi connectivity index (χ1) is 6.74. The summed E-state index contributed by atoms with van der Waals surface area (Å²) in [6, 6.07) is 2.85. The minimum Gasteiger partial charge on any atom is -0.389 e. The number of anilines is 3. The van der Waals surface area contributed by atoms with Gasteiger partial charge in [-0.2, -0.15) is 5.10 Å². The maximum Gasteiger partial charge on any atom is 0.322 e. The molecule has 0 saturated heterocycles. The number of aromatic amines is 1. The van der Waals surface area contributed by atoms with E-state index < -0.39 is 0 Å². The van der Waals surface area contributed by atoms with E-state index in [2.05, 4.69) is 25.7 Å². The van der Waals surface area contributed by atoms with Crippen LogP contribution in [-0.4, -0.2) is 20.4 Å². The van der Waals surface area contributed by atoms with Crippen LogP contribution in [0.5, 0.6) is 0 Å². The van der Waals surface area contributed by atoms with Crippen LogP contribution in [0, 0.1) is 0 Å². The average Bonchev–Trinajstić information content (AvgIpc) is 2.56. The molecule has 0 aliphatic carbocycles. The minimum atomic E-state index is -0.291. The van der Waals surface area contributed by atoms with E-state index in [1.54, 1.807) is 0 Å². The highest BCUT2D eigenvalue weighted by molar-refractivity contribution is 5.44. The highest BCUT2D eigenvalue weighted by Crippen LogP contribution is 2.11. The fourth-order valence-corrected chi connectivity index (χ4v) is 0.809. The lowest BCUT2D eigenvalue weighted by atomic mass is 10.5.